The van der Waals surface area contributed by atoms with Gasteiger partial charge in [-0.1, -0.05) is 111 Å². The van der Waals surface area contributed by atoms with E-state index < -0.39 is 206 Å². The highest BCUT2D eigenvalue weighted by atomic mass is 16.4. The van der Waals surface area contributed by atoms with Gasteiger partial charge in [0.25, 0.3) is 0 Å². The van der Waals surface area contributed by atoms with E-state index in [0.717, 1.165) is 0 Å². The van der Waals surface area contributed by atoms with Crippen molar-refractivity contribution in [3.8, 4) is 23.0 Å². The topological polar surface area (TPSA) is 665 Å². The lowest BCUT2D eigenvalue weighted by Gasteiger charge is -2.29. The predicted molar refractivity (Wildman–Crippen MR) is 470 cm³/mol. The average molecular weight is 1820 g/mol. The second kappa shape index (κ2) is 47.5. The summed E-state index contributed by atoms with van der Waals surface area (Å²) < 4.78 is 0. The van der Waals surface area contributed by atoms with E-state index in [1.54, 1.807) is 72.9 Å². The van der Waals surface area contributed by atoms with E-state index in [1.165, 1.54) is 129 Å². The van der Waals surface area contributed by atoms with Crippen molar-refractivity contribution in [1.82, 2.24) is 93.6 Å². The number of hydrogen-bond acceptors (Lipinski definition) is 24. The van der Waals surface area contributed by atoms with Crippen LogP contribution in [0.3, 0.4) is 0 Å². The van der Waals surface area contributed by atoms with Crippen LogP contribution in [0, 0.1) is 5.92 Å². The zero-order chi connectivity index (χ0) is 95.2. The number of likely N-dealkylation sites (tertiary alicyclic amines) is 1. The summed E-state index contributed by atoms with van der Waals surface area (Å²) in [6.07, 6.45) is 4.13. The molecular weight excluding hydrogens is 1720 g/mol. The number of aromatic nitrogens is 5. The Balaban J connectivity index is 0.831. The molecule has 6 aromatic carbocycles. The Labute approximate surface area is 754 Å². The van der Waals surface area contributed by atoms with Crippen LogP contribution in [0.1, 0.15) is 77.9 Å². The molecule has 3 aromatic heterocycles. The Morgan fingerprint density at radius 2 is 0.788 bits per heavy atom. The van der Waals surface area contributed by atoms with E-state index in [4.69, 9.17) is 5.73 Å². The number of nitrogens with two attached hydrogens (primary N) is 1. The van der Waals surface area contributed by atoms with Gasteiger partial charge < -0.3 is 130 Å². The molecule has 698 valence electrons. The van der Waals surface area contributed by atoms with Crippen LogP contribution in [0.5, 0.6) is 23.0 Å². The number of benzene rings is 6. The molecular formula is C90H105N19O23. The van der Waals surface area contributed by atoms with Crippen molar-refractivity contribution in [2.75, 3.05) is 26.3 Å². The van der Waals surface area contributed by atoms with Crippen molar-refractivity contribution in [3.05, 3.63) is 228 Å². The van der Waals surface area contributed by atoms with Gasteiger partial charge in [0.1, 0.15) is 95.5 Å². The molecule has 42 heteroatoms. The van der Waals surface area contributed by atoms with Crippen LogP contribution in [0.25, 0.3) is 10.9 Å². The molecule has 1 aliphatic rings. The number of nitrogens with zero attached hydrogens (tertiary/aromatic N) is 3. The number of aliphatic hydroxyl groups excluding tert-OH is 2. The van der Waals surface area contributed by atoms with E-state index in [1.807, 2.05) is 0 Å². The fourth-order valence-corrected chi connectivity index (χ4v) is 14.7. The monoisotopic (exact) mass is 1820 g/mol. The van der Waals surface area contributed by atoms with Gasteiger partial charge in [-0.15, -0.1) is 0 Å². The van der Waals surface area contributed by atoms with Crippen LogP contribution in [0.2, 0.25) is 0 Å². The SMILES string of the molecule is CC(C)[C@H](NC(=O)[C@H](CC(=O)O)NC(=O)[C@H](Cc1ccccc1)NC(=O)[C@H](Cc1ccc(O)cc1)NC(=O)[C@H](Cc1c[nH]c2ccccc12)NC(=O)[C@H](Cc1cnc[nH]1)NC(=O)[C@H](CO)NC(=O)[C@H](CO)NC(=O)CNC(=O)[C@H](Cc1ccc(O)cc1)NC(=O)[C@H](Cc1ccc(O)cc1)NC(=O)[C@H](Cc1cnc[nH]1)NC(=O)[C@@H]1CCCN1C(=O)[C@@H](N)Cc1ccc(O)cc1)C(=O)O. The third-order valence-electron chi connectivity index (χ3n) is 21.8. The third-order valence-corrected chi connectivity index (χ3v) is 21.8. The standard InChI is InChI=1S/C90H105N19O23/c1-48(2)77(90(131)132)108-85(126)71(39-76(117)118)105-81(122)65(32-49-9-4-3-5-10-49)100-80(121)67(35-53-20-28-60(115)29-21-53)101-82(123)68(36-54-40-94-63-12-7-6-11-61(54)63)103-83(124)69(37-55-41-92-46-96-55)104-87(128)73(45-111)107-86(127)72(44-110)98-75(116)43-95-78(119)64(33-51-16-24-58(113)25-17-51)99-79(120)66(34-52-18-26-59(114)27-19-52)102-84(125)70(38-56-42-93-47-97-56)106-88(129)74-13-8-30-109(74)89(130)62(91)31-50-14-22-57(112)23-15-50/h3-7,9-12,14-29,40-42,46-48,62,64-74,77,94,110-115H,8,13,30-39,43-45,91H2,1-2H3,(H,92,96)(H,93,97)(H,95,119)(H,98,116)(H,99,120)(H,100,121)(H,101,123)(H,102,125)(H,103,124)(H,104,128)(H,105,122)(H,106,129)(H,107,127)(H,108,126)(H,117,118)(H,131,132)/t62-,64-,65-,66-,67-,68-,69-,70-,71-,72-,73-,74-,77-/m0/s1. The number of imidazole rings is 2. The van der Waals surface area contributed by atoms with Gasteiger partial charge >= 0.3 is 11.9 Å². The number of aliphatic carboxylic acids is 2. The van der Waals surface area contributed by atoms with E-state index >= 15 is 14.4 Å². The maximum atomic E-state index is 15.3. The fraction of sp³-hybridized carbons (Fsp3) is 0.344. The molecule has 132 heavy (non-hydrogen) atoms. The first kappa shape index (κ1) is 98.6. The number of aromatic amines is 3. The first-order chi connectivity index (χ1) is 63.2. The Morgan fingerprint density at radius 1 is 0.417 bits per heavy atom. The molecule has 0 spiro atoms. The number of rotatable bonds is 47. The highest BCUT2D eigenvalue weighted by Crippen LogP contribution is 2.24. The van der Waals surface area contributed by atoms with Gasteiger partial charge in [-0.3, -0.25) is 67.1 Å². The molecule has 1 aliphatic heterocycles. The largest absolute Gasteiger partial charge is 0.508 e. The van der Waals surface area contributed by atoms with Gasteiger partial charge in [0, 0.05) is 92.4 Å². The average Bonchev–Trinajstić information content (AvgIpc) is 1.64. The normalized spacial score (nSPS) is 15.1. The summed E-state index contributed by atoms with van der Waals surface area (Å²) >= 11 is 0. The maximum Gasteiger partial charge on any atom is 0.326 e. The number of phenolic OH excluding ortho intramolecular Hbond substituents is 4. The molecule has 1 fully saturated rings. The lowest BCUT2D eigenvalue weighted by Crippen LogP contribution is -2.62. The molecule has 0 bridgehead atoms. The molecule has 0 aliphatic carbocycles. The van der Waals surface area contributed by atoms with E-state index in [-0.39, 0.29) is 86.6 Å². The van der Waals surface area contributed by atoms with E-state index in [0.29, 0.717) is 56.4 Å². The first-order valence-electron chi connectivity index (χ1n) is 42.2. The number of carboxylic acid groups (broad SMARTS) is 2. The Kier molecular flexibility index (Phi) is 35.4. The Morgan fingerprint density at radius 3 is 1.21 bits per heavy atom. The summed E-state index contributed by atoms with van der Waals surface area (Å²) in [7, 11) is 0. The number of aliphatic hydroxyl groups is 2. The number of para-hydroxylation sites is 1. The summed E-state index contributed by atoms with van der Waals surface area (Å²) in [6.45, 7) is -0.227. The summed E-state index contributed by atoms with van der Waals surface area (Å²) in [5.74, 6) is -17.6. The number of carbonyl (C=O) groups excluding carboxylic acids is 13. The summed E-state index contributed by atoms with van der Waals surface area (Å²) in [5.41, 5.74) is 10.1. The molecule has 42 nitrogen and oxygen atoms in total. The lowest BCUT2D eigenvalue weighted by molar-refractivity contribution is -0.144. The number of amides is 13. The van der Waals surface area contributed by atoms with Crippen LogP contribution in [-0.4, -0.2) is 264 Å². The zero-order valence-corrected chi connectivity index (χ0v) is 71.6. The first-order valence-corrected chi connectivity index (χ1v) is 42.2. The molecule has 9 aromatic rings. The van der Waals surface area contributed by atoms with Gasteiger partial charge in [0.15, 0.2) is 0 Å². The second-order valence-corrected chi connectivity index (χ2v) is 32.0. The quantitative estimate of drug-likeness (QED) is 0.0190. The summed E-state index contributed by atoms with van der Waals surface area (Å²) in [5, 5.41) is 112. The van der Waals surface area contributed by atoms with Crippen molar-refractivity contribution in [1.29, 1.82) is 0 Å². The maximum absolute atomic E-state index is 15.3. The zero-order valence-electron chi connectivity index (χ0n) is 71.6. The minimum atomic E-state index is -1.99. The highest BCUT2D eigenvalue weighted by Gasteiger charge is 2.41. The lowest BCUT2D eigenvalue weighted by atomic mass is 10.00. The third kappa shape index (κ3) is 29.0. The van der Waals surface area contributed by atoms with Crippen molar-refractivity contribution >= 4 is 99.6 Å². The van der Waals surface area contributed by atoms with Crippen LogP contribution in [-0.2, 0) is 123 Å². The fourth-order valence-electron chi connectivity index (χ4n) is 14.7. The van der Waals surface area contributed by atoms with Crippen molar-refractivity contribution in [3.63, 3.8) is 0 Å². The molecule has 10 rings (SSSR count). The van der Waals surface area contributed by atoms with Crippen LogP contribution < -0.4 is 69.5 Å². The number of carboxylic acids is 2. The highest BCUT2D eigenvalue weighted by molar-refractivity contribution is 6.01. The molecule has 4 heterocycles. The van der Waals surface area contributed by atoms with Crippen LogP contribution in [0.4, 0.5) is 0 Å². The Hall–Kier alpha value is -15.6. The number of H-pyrrole nitrogens is 3. The van der Waals surface area contributed by atoms with Crippen LogP contribution >= 0.6 is 0 Å². The van der Waals surface area contributed by atoms with Gasteiger partial charge in [-0.25, -0.2) is 14.8 Å². The van der Waals surface area contributed by atoms with Crippen molar-refractivity contribution in [2.24, 2.45) is 11.7 Å². The second-order valence-electron chi connectivity index (χ2n) is 32.0. The predicted octanol–water partition coefficient (Wildman–Crippen LogP) is -2.35. The molecule has 0 saturated carbocycles. The molecule has 13 atom stereocenters. The Bertz CT molecular complexity index is 5490. The number of hydrogen-bond donors (Lipinski definition) is 24. The molecule has 25 N–H and O–H groups in total. The van der Waals surface area contributed by atoms with Gasteiger partial charge in [0.05, 0.1) is 44.9 Å². The number of nitrogens with one attached hydrogen (secondary N) is 15. The van der Waals surface area contributed by atoms with E-state index in [9.17, 15) is 98.4 Å². The summed E-state index contributed by atoms with van der Waals surface area (Å²) in [6, 6.07) is 16.5. The molecule has 13 amide bonds. The minimum absolute atomic E-state index is 0.00813. The van der Waals surface area contributed by atoms with Gasteiger partial charge in [-0.05, 0) is 113 Å². The molecule has 0 radical (unpaired) electrons. The van der Waals surface area contributed by atoms with Crippen molar-refractivity contribution in [2.45, 2.75) is 163 Å². The molecule has 0 unspecified atom stereocenters. The molecule has 1 saturated heterocycles. The van der Waals surface area contributed by atoms with Gasteiger partial charge in [-0.2, -0.15) is 0 Å². The van der Waals surface area contributed by atoms with Gasteiger partial charge in [0.2, 0.25) is 76.8 Å². The number of aromatic hydroxyl groups is 4. The minimum Gasteiger partial charge on any atom is -0.508 e. The van der Waals surface area contributed by atoms with E-state index in [2.05, 4.69) is 88.7 Å². The summed E-state index contributed by atoms with van der Waals surface area (Å²) in [4.78, 5) is 231. The number of fused-ring (bicyclic) bond motifs is 1. The number of carbonyl (C=O) groups is 15. The van der Waals surface area contributed by atoms with Crippen molar-refractivity contribution < 1.29 is 113 Å². The number of phenols is 4. The van der Waals surface area contributed by atoms with Crippen LogP contribution in [0.15, 0.2) is 183 Å². The smallest absolute Gasteiger partial charge is 0.326 e.